The molecule has 1 amide bonds. The number of ether oxygens (including phenoxy) is 2. The molecule has 1 saturated heterocycles. The van der Waals surface area contributed by atoms with E-state index in [2.05, 4.69) is 0 Å². The highest BCUT2D eigenvalue weighted by molar-refractivity contribution is 7.21. The summed E-state index contributed by atoms with van der Waals surface area (Å²) in [4.78, 5) is 21.2. The van der Waals surface area contributed by atoms with E-state index in [4.69, 9.17) is 20.2 Å². The number of nitrogen functional groups attached to an aromatic ring is 1. The standard InChI is InChI=1S/C25H23N3O3S/c1-30-18-9-7-17(8-10-18)20-15-19(16-5-3-2-4-6-16)21-22(26)23(32-24(21)27-20)25(29)28-11-13-31-14-12-28/h2-10,15H,11-14,26H2,1H3. The smallest absolute Gasteiger partial charge is 0.266 e. The zero-order chi connectivity index (χ0) is 22.1. The first-order valence-corrected chi connectivity index (χ1v) is 11.3. The molecular formula is C25H23N3O3S. The molecule has 2 aromatic carbocycles. The Morgan fingerprint density at radius 3 is 2.47 bits per heavy atom. The summed E-state index contributed by atoms with van der Waals surface area (Å²) in [5, 5.41) is 0.829. The normalized spacial score (nSPS) is 14.0. The van der Waals surface area contributed by atoms with Crippen LogP contribution in [0.1, 0.15) is 9.67 Å². The lowest BCUT2D eigenvalue weighted by Crippen LogP contribution is -2.40. The lowest BCUT2D eigenvalue weighted by molar-refractivity contribution is 0.0307. The minimum Gasteiger partial charge on any atom is -0.497 e. The van der Waals surface area contributed by atoms with Crippen molar-refractivity contribution in [2.24, 2.45) is 0 Å². The number of thiophene rings is 1. The molecule has 1 aliphatic heterocycles. The van der Waals surface area contributed by atoms with Crippen molar-refractivity contribution in [1.29, 1.82) is 0 Å². The van der Waals surface area contributed by atoms with Crippen molar-refractivity contribution in [3.63, 3.8) is 0 Å². The van der Waals surface area contributed by atoms with Gasteiger partial charge in [-0.3, -0.25) is 4.79 Å². The van der Waals surface area contributed by atoms with Crippen molar-refractivity contribution >= 4 is 33.1 Å². The van der Waals surface area contributed by atoms with Crippen LogP contribution in [0.25, 0.3) is 32.6 Å². The van der Waals surface area contributed by atoms with E-state index in [9.17, 15) is 4.79 Å². The van der Waals surface area contributed by atoms with E-state index in [1.165, 1.54) is 11.3 Å². The maximum Gasteiger partial charge on any atom is 0.266 e. The lowest BCUT2D eigenvalue weighted by atomic mass is 9.99. The van der Waals surface area contributed by atoms with E-state index in [0.717, 1.165) is 38.4 Å². The Bertz CT molecular complexity index is 1260. The fourth-order valence-corrected chi connectivity index (χ4v) is 5.03. The van der Waals surface area contributed by atoms with Crippen LogP contribution >= 0.6 is 11.3 Å². The van der Waals surface area contributed by atoms with Crippen LogP contribution in [-0.2, 0) is 4.74 Å². The highest BCUT2D eigenvalue weighted by atomic mass is 32.1. The minimum atomic E-state index is -0.0567. The fraction of sp³-hybridized carbons (Fsp3) is 0.200. The largest absolute Gasteiger partial charge is 0.497 e. The van der Waals surface area contributed by atoms with Gasteiger partial charge in [0, 0.05) is 24.0 Å². The Hall–Kier alpha value is -3.42. The number of fused-ring (bicyclic) bond motifs is 1. The summed E-state index contributed by atoms with van der Waals surface area (Å²) >= 11 is 1.36. The molecule has 1 fully saturated rings. The van der Waals surface area contributed by atoms with Crippen LogP contribution in [-0.4, -0.2) is 49.2 Å². The monoisotopic (exact) mass is 445 g/mol. The van der Waals surface area contributed by atoms with Crippen molar-refractivity contribution in [3.05, 3.63) is 65.5 Å². The minimum absolute atomic E-state index is 0.0567. The van der Waals surface area contributed by atoms with Crippen molar-refractivity contribution in [2.45, 2.75) is 0 Å². The van der Waals surface area contributed by atoms with Gasteiger partial charge in [0.1, 0.15) is 15.5 Å². The second-order valence-corrected chi connectivity index (χ2v) is 8.58. The molecule has 0 spiro atoms. The van der Waals surface area contributed by atoms with Crippen LogP contribution in [0.15, 0.2) is 60.7 Å². The number of methoxy groups -OCH3 is 1. The van der Waals surface area contributed by atoms with Crippen molar-refractivity contribution in [2.75, 3.05) is 39.1 Å². The molecule has 5 rings (SSSR count). The molecule has 32 heavy (non-hydrogen) atoms. The Balaban J connectivity index is 1.68. The van der Waals surface area contributed by atoms with Crippen LogP contribution in [0.5, 0.6) is 5.75 Å². The summed E-state index contributed by atoms with van der Waals surface area (Å²) in [6, 6.07) is 19.9. The van der Waals surface area contributed by atoms with E-state index in [-0.39, 0.29) is 5.91 Å². The molecule has 0 bridgehead atoms. The number of aromatic nitrogens is 1. The first kappa shape index (κ1) is 20.5. The van der Waals surface area contributed by atoms with E-state index in [1.54, 1.807) is 12.0 Å². The number of benzene rings is 2. The first-order valence-electron chi connectivity index (χ1n) is 10.5. The van der Waals surface area contributed by atoms with Gasteiger partial charge in [0.25, 0.3) is 5.91 Å². The molecule has 4 aromatic rings. The number of amides is 1. The quantitative estimate of drug-likeness (QED) is 0.493. The molecule has 0 aliphatic carbocycles. The van der Waals surface area contributed by atoms with Crippen LogP contribution < -0.4 is 10.5 Å². The number of nitrogens with two attached hydrogens (primary N) is 1. The summed E-state index contributed by atoms with van der Waals surface area (Å²) in [5.74, 6) is 0.732. The van der Waals surface area contributed by atoms with Gasteiger partial charge in [-0.1, -0.05) is 30.3 Å². The molecule has 0 atom stereocenters. The van der Waals surface area contributed by atoms with E-state index >= 15 is 0 Å². The molecule has 3 heterocycles. The topological polar surface area (TPSA) is 77.7 Å². The molecule has 7 heteroatoms. The van der Waals surface area contributed by atoms with Crippen LogP contribution in [0.3, 0.4) is 0 Å². The SMILES string of the molecule is COc1ccc(-c2cc(-c3ccccc3)c3c(N)c(C(=O)N4CCOCC4)sc3n2)cc1. The molecule has 1 aliphatic rings. The highest BCUT2D eigenvalue weighted by Gasteiger charge is 2.26. The molecule has 0 unspecified atom stereocenters. The third-order valence-electron chi connectivity index (χ3n) is 5.66. The molecular weight excluding hydrogens is 422 g/mol. The second-order valence-electron chi connectivity index (χ2n) is 7.58. The molecule has 0 radical (unpaired) electrons. The van der Waals surface area contributed by atoms with Crippen molar-refractivity contribution in [3.8, 4) is 28.1 Å². The van der Waals surface area contributed by atoms with Crippen LogP contribution in [0, 0.1) is 0 Å². The summed E-state index contributed by atoms with van der Waals surface area (Å²) in [7, 11) is 1.65. The number of anilines is 1. The summed E-state index contributed by atoms with van der Waals surface area (Å²) < 4.78 is 10.7. The van der Waals surface area contributed by atoms with Gasteiger partial charge < -0.3 is 20.1 Å². The number of morpholine rings is 1. The number of carbonyl (C=O) groups is 1. The van der Waals surface area contributed by atoms with E-state index < -0.39 is 0 Å². The molecule has 162 valence electrons. The lowest BCUT2D eigenvalue weighted by Gasteiger charge is -2.26. The van der Waals surface area contributed by atoms with Crippen LogP contribution in [0.2, 0.25) is 0 Å². The number of hydrogen-bond acceptors (Lipinski definition) is 6. The first-order chi connectivity index (χ1) is 15.7. The van der Waals surface area contributed by atoms with Gasteiger partial charge >= 0.3 is 0 Å². The van der Waals surface area contributed by atoms with Gasteiger partial charge in [0.05, 0.1) is 31.7 Å². The van der Waals surface area contributed by atoms with Gasteiger partial charge in [-0.2, -0.15) is 0 Å². The highest BCUT2D eigenvalue weighted by Crippen LogP contribution is 2.41. The Labute approximate surface area is 190 Å². The zero-order valence-corrected chi connectivity index (χ0v) is 18.5. The number of hydrogen-bond donors (Lipinski definition) is 1. The number of nitrogens with zero attached hydrogens (tertiary/aromatic N) is 2. The average molecular weight is 446 g/mol. The predicted octanol–water partition coefficient (Wildman–Crippen LogP) is 4.69. The summed E-state index contributed by atoms with van der Waals surface area (Å²) in [6.45, 7) is 2.24. The zero-order valence-electron chi connectivity index (χ0n) is 17.7. The summed E-state index contributed by atoms with van der Waals surface area (Å²) in [5.41, 5.74) is 10.9. The summed E-state index contributed by atoms with van der Waals surface area (Å²) in [6.07, 6.45) is 0. The third-order valence-corrected chi connectivity index (χ3v) is 6.75. The van der Waals surface area contributed by atoms with Crippen molar-refractivity contribution < 1.29 is 14.3 Å². The number of pyridine rings is 1. The number of carbonyl (C=O) groups excluding carboxylic acids is 1. The van der Waals surface area contributed by atoms with Gasteiger partial charge in [-0.05, 0) is 41.5 Å². The third kappa shape index (κ3) is 3.70. The maximum absolute atomic E-state index is 13.2. The molecule has 0 saturated carbocycles. The van der Waals surface area contributed by atoms with Gasteiger partial charge in [0.15, 0.2) is 0 Å². The predicted molar refractivity (Wildman–Crippen MR) is 128 cm³/mol. The molecule has 6 nitrogen and oxygen atoms in total. The average Bonchev–Trinajstić information content (AvgIpc) is 3.20. The molecule has 2 N–H and O–H groups in total. The van der Waals surface area contributed by atoms with E-state index in [1.807, 2.05) is 60.7 Å². The van der Waals surface area contributed by atoms with Crippen LogP contribution in [0.4, 0.5) is 5.69 Å². The van der Waals surface area contributed by atoms with Crippen molar-refractivity contribution in [1.82, 2.24) is 9.88 Å². The molecule has 2 aromatic heterocycles. The fourth-order valence-electron chi connectivity index (χ4n) is 3.94. The van der Waals surface area contributed by atoms with Gasteiger partial charge in [0.2, 0.25) is 0 Å². The van der Waals surface area contributed by atoms with E-state index in [0.29, 0.717) is 36.9 Å². The maximum atomic E-state index is 13.2. The Kier molecular flexibility index (Phi) is 5.51. The number of rotatable bonds is 4. The van der Waals surface area contributed by atoms with Gasteiger partial charge in [-0.15, -0.1) is 11.3 Å². The Morgan fingerprint density at radius 1 is 1.06 bits per heavy atom. The van der Waals surface area contributed by atoms with Gasteiger partial charge in [-0.25, -0.2) is 4.98 Å². The Morgan fingerprint density at radius 2 is 1.78 bits per heavy atom. The second kappa shape index (κ2) is 8.61.